The van der Waals surface area contributed by atoms with Crippen molar-refractivity contribution in [2.75, 3.05) is 26.2 Å². The third kappa shape index (κ3) is 8.96. The molecule has 9 nitrogen and oxygen atoms in total. The number of allylic oxidation sites excluding steroid dienone is 1. The topological polar surface area (TPSA) is 112 Å². The number of amides is 2. The summed E-state index contributed by atoms with van der Waals surface area (Å²) < 4.78 is 95.5. The molecule has 0 unspecified atom stereocenters. The number of likely N-dealkylation sites (tertiary alicyclic amines) is 2. The number of carbonyl (C=O) groups excluding carboxylic acids is 2. The minimum Gasteiger partial charge on any atom is -0.513 e. The van der Waals surface area contributed by atoms with Crippen LogP contribution < -0.4 is 9.47 Å². The molecule has 2 aromatic heterocycles. The van der Waals surface area contributed by atoms with E-state index in [9.17, 15) is 46.1 Å². The van der Waals surface area contributed by atoms with E-state index in [2.05, 4.69) is 11.6 Å². The smallest absolute Gasteiger partial charge is 0.425 e. The van der Waals surface area contributed by atoms with Crippen molar-refractivity contribution < 1.29 is 55.6 Å². The van der Waals surface area contributed by atoms with Gasteiger partial charge < -0.3 is 29.5 Å². The van der Waals surface area contributed by atoms with Gasteiger partial charge in [-0.3, -0.25) is 14.6 Å². The number of para-hydroxylation sites is 1. The lowest BCUT2D eigenvalue weighted by molar-refractivity contribution is -0.163. The van der Waals surface area contributed by atoms with Gasteiger partial charge in [0.05, 0.1) is 35.1 Å². The summed E-state index contributed by atoms with van der Waals surface area (Å²) in [5, 5.41) is 22.4. The van der Waals surface area contributed by atoms with Crippen molar-refractivity contribution in [1.29, 1.82) is 0 Å². The molecule has 0 spiro atoms. The normalized spacial score (nSPS) is 20.4. The Hall–Kier alpha value is -4.31. The van der Waals surface area contributed by atoms with Crippen LogP contribution in [0.3, 0.4) is 0 Å². The van der Waals surface area contributed by atoms with Crippen LogP contribution in [0, 0.1) is 0 Å². The van der Waals surface area contributed by atoms with Crippen LogP contribution in [0.4, 0.5) is 26.3 Å². The number of unbranched alkanes of at least 4 members (excludes halogenated alkanes) is 1. The highest BCUT2D eigenvalue weighted by Gasteiger charge is 2.56. The van der Waals surface area contributed by atoms with Gasteiger partial charge in [-0.2, -0.15) is 26.3 Å². The summed E-state index contributed by atoms with van der Waals surface area (Å²) in [6.07, 6.45) is -5.50. The van der Waals surface area contributed by atoms with E-state index in [-0.39, 0.29) is 63.2 Å². The van der Waals surface area contributed by atoms with Gasteiger partial charge in [0.1, 0.15) is 16.4 Å². The molecule has 0 aliphatic carbocycles. The van der Waals surface area contributed by atoms with Gasteiger partial charge in [-0.1, -0.05) is 38.1 Å². The second-order valence-electron chi connectivity index (χ2n) is 13.7. The average Bonchev–Trinajstić information content (AvgIpc) is 3.61. The Morgan fingerprint density at radius 2 is 1.76 bits per heavy atom. The third-order valence-corrected chi connectivity index (χ3v) is 10.9. The van der Waals surface area contributed by atoms with Crippen LogP contribution in [0.1, 0.15) is 91.1 Å². The minimum absolute atomic E-state index is 0.00154. The maximum Gasteiger partial charge on any atom is 0.425 e. The van der Waals surface area contributed by atoms with Gasteiger partial charge in [0.2, 0.25) is 5.60 Å². The summed E-state index contributed by atoms with van der Waals surface area (Å²) in [5.41, 5.74) is -4.79. The fraction of sp³-hybridized carbons (Fsp3) is 0.500. The molecule has 294 valence electrons. The molecule has 0 saturated carbocycles. The molecular formula is C38H43F6N3O6S. The quantitative estimate of drug-likeness (QED) is 0.102. The van der Waals surface area contributed by atoms with E-state index in [1.54, 1.807) is 31.2 Å². The van der Waals surface area contributed by atoms with Crippen LogP contribution in [-0.4, -0.2) is 74.7 Å². The van der Waals surface area contributed by atoms with Crippen LogP contribution in [0.25, 0.3) is 0 Å². The second kappa shape index (κ2) is 16.6. The molecule has 2 saturated heterocycles. The molecule has 2 atom stereocenters. The van der Waals surface area contributed by atoms with Crippen LogP contribution >= 0.6 is 11.3 Å². The molecule has 1 aromatic carbocycles. The van der Waals surface area contributed by atoms with E-state index in [0.29, 0.717) is 61.0 Å². The Balaban J connectivity index is 1.46. The first-order chi connectivity index (χ1) is 25.5. The summed E-state index contributed by atoms with van der Waals surface area (Å²) in [6.45, 7) is 5.52. The van der Waals surface area contributed by atoms with Crippen molar-refractivity contribution in [3.63, 3.8) is 0 Å². The van der Waals surface area contributed by atoms with E-state index in [1.807, 2.05) is 0 Å². The number of hydrogen-bond acceptors (Lipinski definition) is 8. The van der Waals surface area contributed by atoms with Crippen LogP contribution in [-0.2, 0) is 22.7 Å². The molecule has 5 rings (SSSR count). The van der Waals surface area contributed by atoms with Gasteiger partial charge in [0.25, 0.3) is 11.8 Å². The molecule has 0 radical (unpaired) electrons. The van der Waals surface area contributed by atoms with Gasteiger partial charge >= 0.3 is 12.4 Å². The average molecular weight is 784 g/mol. The first-order valence-corrected chi connectivity index (χ1v) is 18.7. The number of ether oxygens (including phenoxy) is 2. The van der Waals surface area contributed by atoms with E-state index >= 15 is 0 Å². The predicted molar refractivity (Wildman–Crippen MR) is 188 cm³/mol. The number of thiophene rings is 1. The molecule has 3 aromatic rings. The Morgan fingerprint density at radius 1 is 1.04 bits per heavy atom. The fourth-order valence-electron chi connectivity index (χ4n) is 7.31. The number of benzene rings is 1. The highest BCUT2D eigenvalue weighted by atomic mass is 32.1. The number of pyridine rings is 1. The van der Waals surface area contributed by atoms with Gasteiger partial charge in [-0.25, -0.2) is 0 Å². The molecule has 2 amide bonds. The third-order valence-electron chi connectivity index (χ3n) is 9.94. The Bertz CT molecular complexity index is 1790. The van der Waals surface area contributed by atoms with Gasteiger partial charge in [0.15, 0.2) is 0 Å². The summed E-state index contributed by atoms with van der Waals surface area (Å²) in [4.78, 5) is 34.3. The van der Waals surface area contributed by atoms with Crippen molar-refractivity contribution in [2.24, 2.45) is 0 Å². The Morgan fingerprint density at radius 3 is 2.41 bits per heavy atom. The molecule has 2 aliphatic rings. The maximum atomic E-state index is 14.9. The zero-order valence-electron chi connectivity index (χ0n) is 29.7. The first-order valence-electron chi connectivity index (χ1n) is 17.8. The van der Waals surface area contributed by atoms with E-state index < -0.39 is 57.4 Å². The number of aliphatic hydroxyl groups is 2. The van der Waals surface area contributed by atoms with Crippen molar-refractivity contribution in [1.82, 2.24) is 14.8 Å². The zero-order chi connectivity index (χ0) is 39.3. The lowest BCUT2D eigenvalue weighted by Gasteiger charge is -2.51. The van der Waals surface area contributed by atoms with Crippen LogP contribution in [0.15, 0.2) is 66.5 Å². The number of aromatic nitrogens is 1. The molecule has 2 aliphatic heterocycles. The van der Waals surface area contributed by atoms with E-state index in [1.165, 1.54) is 9.80 Å². The summed E-state index contributed by atoms with van der Waals surface area (Å²) in [6, 6.07) is 7.28. The standard InChI is InChI=1S/C38H43F6N3O6S/c1-3-9-31-36(53-26-22-32(54-24-26)38(42,43)44,14-8-18-47(31)33(49)27-23-45-17-13-28(27)37(39,40)41)34(50)46-19-15-35(51,16-20-46)29-11-4-5-12-30(29)52-21-7-6-10-25(2)48/h4-5,11-13,17,22-24,31,48,51H,2-3,6-10,14-16,18-21H2,1H3/t31-,36+/m1/s1. The summed E-state index contributed by atoms with van der Waals surface area (Å²) in [5.74, 6) is -1.38. The van der Waals surface area contributed by atoms with Crippen LogP contribution in [0.5, 0.6) is 11.5 Å². The lowest BCUT2D eigenvalue weighted by Crippen LogP contribution is -2.68. The number of hydrogen-bond donors (Lipinski definition) is 2. The molecule has 4 heterocycles. The Kier molecular flexibility index (Phi) is 12.6. The lowest BCUT2D eigenvalue weighted by atomic mass is 9.78. The fourth-order valence-corrected chi connectivity index (χ4v) is 7.99. The summed E-state index contributed by atoms with van der Waals surface area (Å²) in [7, 11) is 0. The van der Waals surface area contributed by atoms with Gasteiger partial charge in [-0.05, 0) is 50.7 Å². The molecule has 54 heavy (non-hydrogen) atoms. The molecule has 0 bridgehead atoms. The van der Waals surface area contributed by atoms with Crippen molar-refractivity contribution in [2.45, 2.75) is 94.3 Å². The molecular weight excluding hydrogens is 740 g/mol. The SMILES string of the molecule is C=C(O)CCCCOc1ccccc1C1(O)CCN(C(=O)[C@]2(Oc3csc(C(F)(F)F)c3)CCCN(C(=O)c3cnccc3C(F)(F)F)[C@@H]2CCC)CC1. The second-order valence-corrected chi connectivity index (χ2v) is 14.6. The van der Waals surface area contributed by atoms with Crippen molar-refractivity contribution in [3.8, 4) is 11.5 Å². The number of carbonyl (C=O) groups is 2. The molecule has 2 fully saturated rings. The maximum absolute atomic E-state index is 14.9. The zero-order valence-corrected chi connectivity index (χ0v) is 30.5. The van der Waals surface area contributed by atoms with Crippen molar-refractivity contribution >= 4 is 23.2 Å². The van der Waals surface area contributed by atoms with E-state index in [4.69, 9.17) is 9.47 Å². The number of piperidine rings is 2. The number of alkyl halides is 6. The monoisotopic (exact) mass is 783 g/mol. The number of rotatable bonds is 13. The highest BCUT2D eigenvalue weighted by Crippen LogP contribution is 2.44. The van der Waals surface area contributed by atoms with Gasteiger partial charge in [0, 0.05) is 61.9 Å². The first kappa shape index (κ1) is 40.9. The molecule has 16 heteroatoms. The molecule has 2 N–H and O–H groups in total. The number of aliphatic hydroxyl groups excluding tert-OH is 1. The highest BCUT2D eigenvalue weighted by molar-refractivity contribution is 7.10. The van der Waals surface area contributed by atoms with Crippen LogP contribution in [0.2, 0.25) is 0 Å². The van der Waals surface area contributed by atoms with Gasteiger partial charge in [-0.15, -0.1) is 11.3 Å². The predicted octanol–water partition coefficient (Wildman–Crippen LogP) is 8.53. The largest absolute Gasteiger partial charge is 0.513 e. The Labute approximate surface area is 313 Å². The van der Waals surface area contributed by atoms with Crippen molar-refractivity contribution in [3.05, 3.63) is 88.1 Å². The van der Waals surface area contributed by atoms with E-state index in [0.717, 1.165) is 23.8 Å². The number of halogens is 6. The number of nitrogens with zero attached hydrogens (tertiary/aromatic N) is 3. The minimum atomic E-state index is -4.89. The summed E-state index contributed by atoms with van der Waals surface area (Å²) >= 11 is 0.374.